The van der Waals surface area contributed by atoms with E-state index >= 15 is 0 Å². The normalized spacial score (nSPS) is 16.9. The molecule has 1 aromatic heterocycles. The van der Waals surface area contributed by atoms with Crippen molar-refractivity contribution in [2.45, 2.75) is 44.6 Å². The van der Waals surface area contributed by atoms with Gasteiger partial charge in [0.15, 0.2) is 0 Å². The molecule has 0 spiro atoms. The van der Waals surface area contributed by atoms with Gasteiger partial charge in [-0.2, -0.15) is 15.0 Å². The maximum atomic E-state index is 4.92. The summed E-state index contributed by atoms with van der Waals surface area (Å²) in [6, 6.07) is 21.0. The number of benzene rings is 2. The third-order valence-electron chi connectivity index (χ3n) is 6.43. The fraction of sp³-hybridized carbons (Fsp3) is 0.423. The van der Waals surface area contributed by atoms with Gasteiger partial charge in [-0.05, 0) is 49.7 Å². The van der Waals surface area contributed by atoms with E-state index in [1.807, 2.05) is 0 Å². The van der Waals surface area contributed by atoms with Gasteiger partial charge in [0.25, 0.3) is 0 Å². The van der Waals surface area contributed by atoms with E-state index in [9.17, 15) is 0 Å². The zero-order valence-corrected chi connectivity index (χ0v) is 18.7. The highest BCUT2D eigenvalue weighted by Crippen LogP contribution is 2.28. The maximum Gasteiger partial charge on any atom is 0.231 e. The van der Waals surface area contributed by atoms with Crippen molar-refractivity contribution in [2.75, 3.05) is 41.3 Å². The Morgan fingerprint density at radius 3 is 1.44 bits per heavy atom. The molecule has 0 saturated carbocycles. The van der Waals surface area contributed by atoms with Crippen LogP contribution in [0.3, 0.4) is 0 Å². The average Bonchev–Trinajstić information content (AvgIpc) is 2.89. The smallest absolute Gasteiger partial charge is 0.231 e. The van der Waals surface area contributed by atoms with Crippen LogP contribution in [-0.4, -0.2) is 41.1 Å². The topological polar surface area (TPSA) is 57.2 Å². The lowest BCUT2D eigenvalue weighted by Gasteiger charge is -2.30. The first kappa shape index (κ1) is 20.7. The third kappa shape index (κ3) is 4.85. The quantitative estimate of drug-likeness (QED) is 0.593. The van der Waals surface area contributed by atoms with Gasteiger partial charge in [0, 0.05) is 26.2 Å². The number of nitrogens with one attached hydrogen (secondary N) is 1. The van der Waals surface area contributed by atoms with Crippen molar-refractivity contribution < 1.29 is 0 Å². The molecule has 0 bridgehead atoms. The minimum absolute atomic E-state index is 0.0248. The molecule has 32 heavy (non-hydrogen) atoms. The molecule has 6 heteroatoms. The van der Waals surface area contributed by atoms with Crippen LogP contribution in [0.1, 0.15) is 55.7 Å². The van der Waals surface area contributed by atoms with Crippen molar-refractivity contribution in [3.8, 4) is 0 Å². The molecule has 1 N–H and O–H groups in total. The molecule has 2 aliphatic heterocycles. The minimum Gasteiger partial charge on any atom is -0.343 e. The number of aromatic nitrogens is 3. The van der Waals surface area contributed by atoms with Gasteiger partial charge < -0.3 is 15.1 Å². The monoisotopic (exact) mass is 428 g/mol. The Bertz CT molecular complexity index is 906. The predicted molar refractivity (Wildman–Crippen MR) is 130 cm³/mol. The second kappa shape index (κ2) is 9.98. The Balaban J connectivity index is 1.51. The van der Waals surface area contributed by atoms with Crippen LogP contribution in [0.15, 0.2) is 60.7 Å². The SMILES string of the molecule is c1ccc(C(Nc2nc(N3CCCCC3)nc(N3CCCCC3)n2)c2ccccc2)cc1. The molecule has 2 aliphatic rings. The van der Waals surface area contributed by atoms with E-state index in [2.05, 4.69) is 75.8 Å². The lowest BCUT2D eigenvalue weighted by Crippen LogP contribution is -2.34. The van der Waals surface area contributed by atoms with Crippen molar-refractivity contribution in [2.24, 2.45) is 0 Å². The Morgan fingerprint density at radius 1 is 0.562 bits per heavy atom. The second-order valence-electron chi connectivity index (χ2n) is 8.75. The molecule has 0 amide bonds. The molecule has 6 nitrogen and oxygen atoms in total. The van der Waals surface area contributed by atoms with E-state index in [4.69, 9.17) is 15.0 Å². The van der Waals surface area contributed by atoms with Gasteiger partial charge in [-0.1, -0.05) is 60.7 Å². The summed E-state index contributed by atoms with van der Waals surface area (Å²) in [7, 11) is 0. The molecule has 2 aromatic carbocycles. The van der Waals surface area contributed by atoms with Crippen LogP contribution < -0.4 is 15.1 Å². The first-order valence-electron chi connectivity index (χ1n) is 12.0. The summed E-state index contributed by atoms with van der Waals surface area (Å²) in [6.45, 7) is 4.07. The van der Waals surface area contributed by atoms with E-state index in [1.165, 1.54) is 49.7 Å². The number of anilines is 3. The second-order valence-corrected chi connectivity index (χ2v) is 8.75. The van der Waals surface area contributed by atoms with Crippen LogP contribution in [0.2, 0.25) is 0 Å². The molecule has 2 fully saturated rings. The van der Waals surface area contributed by atoms with Gasteiger partial charge in [-0.3, -0.25) is 0 Å². The summed E-state index contributed by atoms with van der Waals surface area (Å²) < 4.78 is 0. The first-order valence-corrected chi connectivity index (χ1v) is 12.0. The van der Waals surface area contributed by atoms with E-state index in [0.29, 0.717) is 5.95 Å². The van der Waals surface area contributed by atoms with Crippen LogP contribution in [0.25, 0.3) is 0 Å². The molecule has 2 saturated heterocycles. The summed E-state index contributed by atoms with van der Waals surface area (Å²) in [5.74, 6) is 2.27. The number of nitrogens with zero attached hydrogens (tertiary/aromatic N) is 5. The number of hydrogen-bond donors (Lipinski definition) is 1. The summed E-state index contributed by atoms with van der Waals surface area (Å²) in [4.78, 5) is 19.4. The largest absolute Gasteiger partial charge is 0.343 e. The van der Waals surface area contributed by atoms with Crippen LogP contribution in [0, 0.1) is 0 Å². The zero-order chi connectivity index (χ0) is 21.6. The van der Waals surface area contributed by atoms with Gasteiger partial charge >= 0.3 is 0 Å². The van der Waals surface area contributed by atoms with E-state index < -0.39 is 0 Å². The molecular formula is C26H32N6. The van der Waals surface area contributed by atoms with Crippen LogP contribution in [0.5, 0.6) is 0 Å². The Kier molecular flexibility index (Phi) is 6.47. The fourth-order valence-electron chi connectivity index (χ4n) is 4.67. The average molecular weight is 429 g/mol. The number of piperidine rings is 2. The summed E-state index contributed by atoms with van der Waals surface area (Å²) in [5.41, 5.74) is 2.39. The molecule has 0 unspecified atom stereocenters. The van der Waals surface area contributed by atoms with Gasteiger partial charge in [-0.15, -0.1) is 0 Å². The Hall–Kier alpha value is -3.15. The highest BCUT2D eigenvalue weighted by Gasteiger charge is 2.22. The number of rotatable bonds is 6. The first-order chi connectivity index (χ1) is 15.9. The van der Waals surface area contributed by atoms with E-state index in [-0.39, 0.29) is 6.04 Å². The van der Waals surface area contributed by atoms with Gasteiger partial charge in [-0.25, -0.2) is 0 Å². The Morgan fingerprint density at radius 2 is 1.00 bits per heavy atom. The van der Waals surface area contributed by atoms with E-state index in [1.54, 1.807) is 0 Å². The van der Waals surface area contributed by atoms with Gasteiger partial charge in [0.2, 0.25) is 17.8 Å². The summed E-state index contributed by atoms with van der Waals surface area (Å²) >= 11 is 0. The van der Waals surface area contributed by atoms with E-state index in [0.717, 1.165) is 38.1 Å². The maximum absolute atomic E-state index is 4.92. The zero-order valence-electron chi connectivity index (χ0n) is 18.7. The highest BCUT2D eigenvalue weighted by molar-refractivity contribution is 5.48. The minimum atomic E-state index is -0.0248. The van der Waals surface area contributed by atoms with Crippen LogP contribution in [0.4, 0.5) is 17.8 Å². The Labute approximate surface area is 190 Å². The molecule has 3 heterocycles. The van der Waals surface area contributed by atoms with Crippen molar-refractivity contribution >= 4 is 17.8 Å². The lowest BCUT2D eigenvalue weighted by molar-refractivity contribution is 0.556. The molecule has 0 atom stereocenters. The standard InChI is InChI=1S/C26H32N6/c1-5-13-21(14-6-1)23(22-15-7-2-8-16-22)27-24-28-25(31-17-9-3-10-18-31)30-26(29-24)32-19-11-4-12-20-32/h1-2,5-8,13-16,23H,3-4,9-12,17-20H2,(H,27,28,29,30). The predicted octanol–water partition coefficient (Wildman–Crippen LogP) is 5.05. The highest BCUT2D eigenvalue weighted by atomic mass is 15.4. The van der Waals surface area contributed by atoms with Crippen LogP contribution in [-0.2, 0) is 0 Å². The molecule has 166 valence electrons. The lowest BCUT2D eigenvalue weighted by atomic mass is 9.99. The molecule has 0 radical (unpaired) electrons. The van der Waals surface area contributed by atoms with Crippen LogP contribution >= 0.6 is 0 Å². The molecular weight excluding hydrogens is 396 g/mol. The summed E-state index contributed by atoms with van der Waals surface area (Å²) in [5, 5.41) is 3.66. The van der Waals surface area contributed by atoms with Crippen molar-refractivity contribution in [1.82, 2.24) is 15.0 Å². The summed E-state index contributed by atoms with van der Waals surface area (Å²) in [6.07, 6.45) is 7.37. The van der Waals surface area contributed by atoms with Crippen molar-refractivity contribution in [3.63, 3.8) is 0 Å². The third-order valence-corrected chi connectivity index (χ3v) is 6.43. The molecule has 5 rings (SSSR count). The molecule has 3 aromatic rings. The fourth-order valence-corrected chi connectivity index (χ4v) is 4.67. The van der Waals surface area contributed by atoms with Gasteiger partial charge in [0.1, 0.15) is 0 Å². The van der Waals surface area contributed by atoms with Crippen molar-refractivity contribution in [3.05, 3.63) is 71.8 Å². The number of hydrogen-bond acceptors (Lipinski definition) is 6. The molecule has 0 aliphatic carbocycles. The van der Waals surface area contributed by atoms with Crippen molar-refractivity contribution in [1.29, 1.82) is 0 Å². The van der Waals surface area contributed by atoms with Gasteiger partial charge in [0.05, 0.1) is 6.04 Å².